The first-order chi connectivity index (χ1) is 16.1. The summed E-state index contributed by atoms with van der Waals surface area (Å²) in [5.41, 5.74) is 4.64. The van der Waals surface area contributed by atoms with Crippen LogP contribution < -0.4 is 15.1 Å². The Labute approximate surface area is 199 Å². The molecule has 1 amide bonds. The maximum Gasteiger partial charge on any atom is 0.238 e. The maximum absolute atomic E-state index is 12.6. The number of carbonyl (C=O) groups is 1. The van der Waals surface area contributed by atoms with Gasteiger partial charge in [-0.3, -0.25) is 9.69 Å². The van der Waals surface area contributed by atoms with Crippen molar-refractivity contribution in [3.05, 3.63) is 54.1 Å². The molecule has 2 heterocycles. The molecule has 2 aromatic rings. The van der Waals surface area contributed by atoms with E-state index in [0.29, 0.717) is 6.54 Å². The summed E-state index contributed by atoms with van der Waals surface area (Å²) in [6, 6.07) is 17.1. The van der Waals surface area contributed by atoms with E-state index >= 15 is 0 Å². The van der Waals surface area contributed by atoms with Gasteiger partial charge < -0.3 is 20.0 Å². The predicted octanol–water partition coefficient (Wildman–Crippen LogP) is 3.89. The third-order valence-corrected chi connectivity index (χ3v) is 6.86. The highest BCUT2D eigenvalue weighted by Crippen LogP contribution is 2.21. The van der Waals surface area contributed by atoms with Crippen LogP contribution >= 0.6 is 0 Å². The lowest BCUT2D eigenvalue weighted by molar-refractivity contribution is -0.117. The van der Waals surface area contributed by atoms with E-state index in [1.807, 2.05) is 19.2 Å². The first-order valence-corrected chi connectivity index (χ1v) is 12.5. The lowest BCUT2D eigenvalue weighted by atomic mass is 10.1. The predicted molar refractivity (Wildman–Crippen MR) is 138 cm³/mol. The van der Waals surface area contributed by atoms with Crippen LogP contribution in [-0.2, 0) is 11.3 Å². The van der Waals surface area contributed by atoms with Gasteiger partial charge in [0.2, 0.25) is 5.91 Å². The molecule has 0 saturated carbocycles. The molecule has 6 nitrogen and oxygen atoms in total. The van der Waals surface area contributed by atoms with Crippen LogP contribution in [0.5, 0.6) is 0 Å². The molecule has 0 unspecified atom stereocenters. The molecular weight excluding hydrogens is 410 g/mol. The van der Waals surface area contributed by atoms with Gasteiger partial charge in [0.05, 0.1) is 6.54 Å². The second-order valence-corrected chi connectivity index (χ2v) is 9.40. The second-order valence-electron chi connectivity index (χ2n) is 9.40. The monoisotopic (exact) mass is 449 g/mol. The summed E-state index contributed by atoms with van der Waals surface area (Å²) in [6.45, 7) is 11.1. The summed E-state index contributed by atoms with van der Waals surface area (Å²) in [6.07, 6.45) is 3.93. The summed E-state index contributed by atoms with van der Waals surface area (Å²) in [5.74, 6) is 0.0201. The Balaban J connectivity index is 1.22. The molecular formula is C27H39N5O. The van der Waals surface area contributed by atoms with Gasteiger partial charge in [-0.1, -0.05) is 19.1 Å². The number of nitrogens with one attached hydrogen (secondary N) is 1. The highest BCUT2D eigenvalue weighted by atomic mass is 16.2. The summed E-state index contributed by atoms with van der Waals surface area (Å²) in [7, 11) is 2.00. The molecule has 0 aromatic heterocycles. The standard InChI is InChI=1S/C27H39N5O/c1-3-30-17-19-32(20-18-30)26-13-9-24(10-14-26)28-27(33)22-29(2)21-23-7-11-25(12-8-23)31-15-5-4-6-16-31/h7-14H,3-6,15-22H2,1-2H3,(H,28,33). The van der Waals surface area contributed by atoms with Crippen LogP contribution in [0.4, 0.5) is 17.1 Å². The molecule has 0 radical (unpaired) electrons. The molecule has 1 N–H and O–H groups in total. The lowest BCUT2D eigenvalue weighted by Crippen LogP contribution is -2.46. The molecule has 2 aromatic carbocycles. The van der Waals surface area contributed by atoms with E-state index in [4.69, 9.17) is 0 Å². The Hall–Kier alpha value is -2.57. The Morgan fingerprint density at radius 3 is 2.00 bits per heavy atom. The summed E-state index contributed by atoms with van der Waals surface area (Å²) >= 11 is 0. The van der Waals surface area contributed by atoms with Crippen LogP contribution in [0.1, 0.15) is 31.7 Å². The van der Waals surface area contributed by atoms with E-state index in [2.05, 4.69) is 68.2 Å². The van der Waals surface area contributed by atoms with E-state index in [1.54, 1.807) is 0 Å². The van der Waals surface area contributed by atoms with E-state index in [0.717, 1.165) is 58.0 Å². The SMILES string of the molecule is CCN1CCN(c2ccc(NC(=O)CN(C)Cc3ccc(N4CCCCC4)cc3)cc2)CC1. The van der Waals surface area contributed by atoms with Crippen molar-refractivity contribution >= 4 is 23.0 Å². The second kappa shape index (κ2) is 11.5. The number of benzene rings is 2. The lowest BCUT2D eigenvalue weighted by Gasteiger charge is -2.35. The summed E-state index contributed by atoms with van der Waals surface area (Å²) < 4.78 is 0. The topological polar surface area (TPSA) is 42.1 Å². The van der Waals surface area contributed by atoms with Crippen LogP contribution in [-0.4, -0.2) is 75.1 Å². The highest BCUT2D eigenvalue weighted by Gasteiger charge is 2.16. The van der Waals surface area contributed by atoms with Crippen molar-refractivity contribution in [2.45, 2.75) is 32.7 Å². The third-order valence-electron chi connectivity index (χ3n) is 6.86. The summed E-state index contributed by atoms with van der Waals surface area (Å²) in [4.78, 5) is 22.0. The fraction of sp³-hybridized carbons (Fsp3) is 0.519. The molecule has 0 bridgehead atoms. The number of amides is 1. The Kier molecular flexibility index (Phi) is 8.24. The molecule has 4 rings (SSSR count). The van der Waals surface area contributed by atoms with Crippen molar-refractivity contribution in [2.24, 2.45) is 0 Å². The minimum Gasteiger partial charge on any atom is -0.372 e. The first-order valence-electron chi connectivity index (χ1n) is 12.5. The third kappa shape index (κ3) is 6.71. The number of hydrogen-bond acceptors (Lipinski definition) is 5. The molecule has 178 valence electrons. The zero-order valence-electron chi connectivity index (χ0n) is 20.3. The first kappa shape index (κ1) is 23.6. The van der Waals surface area contributed by atoms with Gasteiger partial charge >= 0.3 is 0 Å². The van der Waals surface area contributed by atoms with Crippen LogP contribution in [0.15, 0.2) is 48.5 Å². The van der Waals surface area contributed by atoms with Crippen molar-refractivity contribution in [1.29, 1.82) is 0 Å². The number of carbonyl (C=O) groups excluding carboxylic acids is 1. The number of anilines is 3. The number of hydrogen-bond donors (Lipinski definition) is 1. The number of piperidine rings is 1. The number of likely N-dealkylation sites (N-methyl/N-ethyl adjacent to an activating group) is 2. The molecule has 0 spiro atoms. The normalized spacial score (nSPS) is 17.4. The minimum atomic E-state index is 0.0201. The van der Waals surface area contributed by atoms with E-state index in [-0.39, 0.29) is 5.91 Å². The van der Waals surface area contributed by atoms with Gasteiger partial charge in [-0.15, -0.1) is 0 Å². The van der Waals surface area contributed by atoms with Gasteiger partial charge in [0.1, 0.15) is 0 Å². The molecule has 2 fully saturated rings. The van der Waals surface area contributed by atoms with Crippen molar-refractivity contribution in [1.82, 2.24) is 9.80 Å². The molecule has 6 heteroatoms. The fourth-order valence-electron chi connectivity index (χ4n) is 4.86. The van der Waals surface area contributed by atoms with Gasteiger partial charge in [-0.05, 0) is 74.8 Å². The van der Waals surface area contributed by atoms with Gasteiger partial charge in [0.25, 0.3) is 0 Å². The number of rotatable bonds is 8. The zero-order valence-corrected chi connectivity index (χ0v) is 20.3. The smallest absolute Gasteiger partial charge is 0.238 e. The molecule has 2 aliphatic heterocycles. The van der Waals surface area contributed by atoms with Crippen LogP contribution in [0.2, 0.25) is 0 Å². The van der Waals surface area contributed by atoms with Crippen molar-refractivity contribution < 1.29 is 4.79 Å². The molecule has 0 aliphatic carbocycles. The van der Waals surface area contributed by atoms with Crippen molar-refractivity contribution in [2.75, 3.05) is 74.5 Å². The largest absolute Gasteiger partial charge is 0.372 e. The Bertz CT molecular complexity index is 868. The number of nitrogens with zero attached hydrogens (tertiary/aromatic N) is 4. The van der Waals surface area contributed by atoms with E-state index in [9.17, 15) is 4.79 Å². The quantitative estimate of drug-likeness (QED) is 0.662. The molecule has 33 heavy (non-hydrogen) atoms. The Morgan fingerprint density at radius 2 is 1.39 bits per heavy atom. The van der Waals surface area contributed by atoms with E-state index in [1.165, 1.54) is 36.2 Å². The average Bonchev–Trinajstić information content (AvgIpc) is 2.85. The molecule has 0 atom stereocenters. The fourth-order valence-corrected chi connectivity index (χ4v) is 4.86. The summed E-state index contributed by atoms with van der Waals surface area (Å²) in [5, 5.41) is 3.04. The van der Waals surface area contributed by atoms with E-state index < -0.39 is 0 Å². The van der Waals surface area contributed by atoms with Gasteiger partial charge in [0, 0.05) is 62.9 Å². The maximum atomic E-state index is 12.6. The Morgan fingerprint density at radius 1 is 0.818 bits per heavy atom. The number of piperazine rings is 1. The van der Waals surface area contributed by atoms with Crippen LogP contribution in [0, 0.1) is 0 Å². The highest BCUT2D eigenvalue weighted by molar-refractivity contribution is 5.92. The van der Waals surface area contributed by atoms with Gasteiger partial charge in [0.15, 0.2) is 0 Å². The van der Waals surface area contributed by atoms with Gasteiger partial charge in [-0.25, -0.2) is 0 Å². The van der Waals surface area contributed by atoms with Crippen molar-refractivity contribution in [3.63, 3.8) is 0 Å². The van der Waals surface area contributed by atoms with Crippen LogP contribution in [0.25, 0.3) is 0 Å². The van der Waals surface area contributed by atoms with Gasteiger partial charge in [-0.2, -0.15) is 0 Å². The minimum absolute atomic E-state index is 0.0201. The molecule has 2 aliphatic rings. The zero-order chi connectivity index (χ0) is 23.0. The van der Waals surface area contributed by atoms with Crippen LogP contribution in [0.3, 0.4) is 0 Å². The molecule has 2 saturated heterocycles. The average molecular weight is 450 g/mol. The van der Waals surface area contributed by atoms with Crippen molar-refractivity contribution in [3.8, 4) is 0 Å².